The zero-order valence-electron chi connectivity index (χ0n) is 16.4. The minimum absolute atomic E-state index is 0.167. The number of carbonyl (C=O) groups excluding carboxylic acids is 2. The van der Waals surface area contributed by atoms with Crippen LogP contribution in [-0.2, 0) is 17.8 Å². The van der Waals surface area contributed by atoms with Crippen molar-refractivity contribution < 1.29 is 22.8 Å². The van der Waals surface area contributed by atoms with Crippen molar-refractivity contribution in [2.75, 3.05) is 5.32 Å². The predicted octanol–water partition coefficient (Wildman–Crippen LogP) is 3.80. The maximum Gasteiger partial charge on any atom is 0.389 e. The fraction of sp³-hybridized carbons (Fsp3) is 0.400. The summed E-state index contributed by atoms with van der Waals surface area (Å²) in [6, 6.07) is 6.23. The molecular weight excluding hydrogens is 385 g/mol. The fourth-order valence-corrected chi connectivity index (χ4v) is 2.40. The summed E-state index contributed by atoms with van der Waals surface area (Å²) in [6.07, 6.45) is -3.88. The van der Waals surface area contributed by atoms with Crippen LogP contribution in [0.1, 0.15) is 47.6 Å². The lowest BCUT2D eigenvalue weighted by Crippen LogP contribution is -2.24. The minimum atomic E-state index is -4.22. The first kappa shape index (κ1) is 22.3. The third-order valence-corrected chi connectivity index (χ3v) is 3.99. The zero-order valence-corrected chi connectivity index (χ0v) is 16.4. The number of aromatic nitrogens is 2. The van der Waals surface area contributed by atoms with Gasteiger partial charge in [-0.3, -0.25) is 14.6 Å². The summed E-state index contributed by atoms with van der Waals surface area (Å²) in [6.45, 7) is 5.38. The Balaban J connectivity index is 1.96. The highest BCUT2D eigenvalue weighted by Gasteiger charge is 2.26. The van der Waals surface area contributed by atoms with Crippen LogP contribution in [0.25, 0.3) is 0 Å². The molecule has 0 bridgehead atoms. The van der Waals surface area contributed by atoms with E-state index in [0.29, 0.717) is 28.3 Å². The molecule has 2 amide bonds. The van der Waals surface area contributed by atoms with E-state index in [1.807, 2.05) is 0 Å². The lowest BCUT2D eigenvalue weighted by molar-refractivity contribution is -0.134. The largest absolute Gasteiger partial charge is 0.389 e. The van der Waals surface area contributed by atoms with E-state index in [2.05, 4.69) is 20.6 Å². The standard InChI is InChI=1S/C20H23F3N4O2/c1-12(2)18(28)27-17-9-15(8-13(3)26-17)19(29)25-11-14-4-5-16(24-10-14)6-7-20(21,22)23/h4-5,8-10,12H,6-7,11H2,1-3H3,(H,25,29)(H,26,27,28). The van der Waals surface area contributed by atoms with Gasteiger partial charge in [0.15, 0.2) is 0 Å². The number of amides is 2. The van der Waals surface area contributed by atoms with Crippen LogP contribution in [0.5, 0.6) is 0 Å². The lowest BCUT2D eigenvalue weighted by atomic mass is 10.1. The van der Waals surface area contributed by atoms with Crippen LogP contribution in [0.3, 0.4) is 0 Å². The summed E-state index contributed by atoms with van der Waals surface area (Å²) in [7, 11) is 0. The molecule has 2 aromatic rings. The molecule has 0 aromatic carbocycles. The highest BCUT2D eigenvalue weighted by atomic mass is 19.4. The van der Waals surface area contributed by atoms with Crippen LogP contribution in [0.4, 0.5) is 19.0 Å². The second-order valence-corrected chi connectivity index (χ2v) is 6.98. The summed E-state index contributed by atoms with van der Waals surface area (Å²) in [5.41, 5.74) is 1.92. The number of pyridine rings is 2. The summed E-state index contributed by atoms with van der Waals surface area (Å²) in [5, 5.41) is 5.38. The molecule has 0 unspecified atom stereocenters. The Morgan fingerprint density at radius 2 is 1.90 bits per heavy atom. The van der Waals surface area contributed by atoms with Gasteiger partial charge < -0.3 is 10.6 Å². The SMILES string of the molecule is Cc1cc(C(=O)NCc2ccc(CCC(F)(F)F)nc2)cc(NC(=O)C(C)C)n1. The molecular formula is C20H23F3N4O2. The number of aryl methyl sites for hydroxylation is 2. The van der Waals surface area contributed by atoms with Crippen molar-refractivity contribution in [3.8, 4) is 0 Å². The van der Waals surface area contributed by atoms with Gasteiger partial charge in [0, 0.05) is 42.0 Å². The second kappa shape index (κ2) is 9.49. The average Bonchev–Trinajstić information content (AvgIpc) is 2.64. The van der Waals surface area contributed by atoms with Crippen LogP contribution in [0.2, 0.25) is 0 Å². The van der Waals surface area contributed by atoms with Gasteiger partial charge in [-0.05, 0) is 37.1 Å². The molecule has 9 heteroatoms. The number of nitrogens with one attached hydrogen (secondary N) is 2. The summed E-state index contributed by atoms with van der Waals surface area (Å²) >= 11 is 0. The first-order valence-electron chi connectivity index (χ1n) is 9.12. The van der Waals surface area contributed by atoms with E-state index >= 15 is 0 Å². The van der Waals surface area contributed by atoms with Crippen molar-refractivity contribution in [1.82, 2.24) is 15.3 Å². The Kier molecular flexibility index (Phi) is 7.30. The van der Waals surface area contributed by atoms with Gasteiger partial charge in [0.1, 0.15) is 5.82 Å². The van der Waals surface area contributed by atoms with Crippen LogP contribution in [-0.4, -0.2) is 28.0 Å². The number of carbonyl (C=O) groups is 2. The van der Waals surface area contributed by atoms with E-state index in [1.165, 1.54) is 18.3 Å². The fourth-order valence-electron chi connectivity index (χ4n) is 2.40. The maximum atomic E-state index is 12.4. The molecule has 2 aromatic heterocycles. The quantitative estimate of drug-likeness (QED) is 0.730. The lowest BCUT2D eigenvalue weighted by Gasteiger charge is -2.11. The van der Waals surface area contributed by atoms with Gasteiger partial charge in [-0.25, -0.2) is 4.98 Å². The summed E-state index contributed by atoms with van der Waals surface area (Å²) in [4.78, 5) is 32.4. The Morgan fingerprint density at radius 3 is 2.48 bits per heavy atom. The molecule has 156 valence electrons. The third kappa shape index (κ3) is 7.52. The molecule has 2 rings (SSSR count). The third-order valence-electron chi connectivity index (χ3n) is 3.99. The van der Waals surface area contributed by atoms with Gasteiger partial charge in [-0.1, -0.05) is 19.9 Å². The smallest absolute Gasteiger partial charge is 0.348 e. The highest BCUT2D eigenvalue weighted by molar-refractivity contribution is 5.97. The van der Waals surface area contributed by atoms with Gasteiger partial charge in [0.2, 0.25) is 5.91 Å². The van der Waals surface area contributed by atoms with E-state index in [9.17, 15) is 22.8 Å². The Bertz CT molecular complexity index is 865. The first-order chi connectivity index (χ1) is 13.5. The molecule has 0 aliphatic heterocycles. The maximum absolute atomic E-state index is 12.4. The van der Waals surface area contributed by atoms with E-state index < -0.39 is 12.6 Å². The van der Waals surface area contributed by atoms with Crippen molar-refractivity contribution >= 4 is 17.6 Å². The van der Waals surface area contributed by atoms with E-state index in [-0.39, 0.29) is 30.7 Å². The number of hydrogen-bond donors (Lipinski definition) is 2. The van der Waals surface area contributed by atoms with Gasteiger partial charge in [0.05, 0.1) is 0 Å². The number of nitrogens with zero attached hydrogens (tertiary/aromatic N) is 2. The highest BCUT2D eigenvalue weighted by Crippen LogP contribution is 2.21. The Morgan fingerprint density at radius 1 is 1.17 bits per heavy atom. The molecule has 0 aliphatic carbocycles. The number of halogens is 3. The molecule has 29 heavy (non-hydrogen) atoms. The molecule has 0 atom stereocenters. The molecule has 0 saturated carbocycles. The Labute approximate surface area is 166 Å². The summed E-state index contributed by atoms with van der Waals surface area (Å²) < 4.78 is 36.8. The molecule has 0 radical (unpaired) electrons. The van der Waals surface area contributed by atoms with Crippen LogP contribution >= 0.6 is 0 Å². The van der Waals surface area contributed by atoms with Crippen molar-refractivity contribution in [3.63, 3.8) is 0 Å². The van der Waals surface area contributed by atoms with Crippen molar-refractivity contribution in [2.24, 2.45) is 5.92 Å². The number of rotatable bonds is 7. The molecule has 0 fully saturated rings. The number of hydrogen-bond acceptors (Lipinski definition) is 4. The Hall–Kier alpha value is -2.97. The molecule has 0 spiro atoms. The topological polar surface area (TPSA) is 84.0 Å². The van der Waals surface area contributed by atoms with Crippen LogP contribution in [0.15, 0.2) is 30.5 Å². The molecule has 2 N–H and O–H groups in total. The van der Waals surface area contributed by atoms with Crippen molar-refractivity contribution in [2.45, 2.75) is 46.3 Å². The second-order valence-electron chi connectivity index (χ2n) is 6.98. The molecule has 6 nitrogen and oxygen atoms in total. The van der Waals surface area contributed by atoms with Crippen molar-refractivity contribution in [3.05, 3.63) is 53.0 Å². The van der Waals surface area contributed by atoms with Gasteiger partial charge in [-0.2, -0.15) is 13.2 Å². The van der Waals surface area contributed by atoms with E-state index in [4.69, 9.17) is 0 Å². The number of anilines is 1. The zero-order chi connectivity index (χ0) is 21.6. The minimum Gasteiger partial charge on any atom is -0.348 e. The number of alkyl halides is 3. The normalized spacial score (nSPS) is 11.4. The van der Waals surface area contributed by atoms with Crippen LogP contribution in [0, 0.1) is 12.8 Å². The molecule has 2 heterocycles. The van der Waals surface area contributed by atoms with E-state index in [0.717, 1.165) is 0 Å². The summed E-state index contributed by atoms with van der Waals surface area (Å²) in [5.74, 6) is -0.492. The van der Waals surface area contributed by atoms with Gasteiger partial charge >= 0.3 is 6.18 Å². The van der Waals surface area contributed by atoms with E-state index in [1.54, 1.807) is 32.9 Å². The predicted molar refractivity (Wildman–Crippen MR) is 102 cm³/mol. The molecule has 0 aliphatic rings. The van der Waals surface area contributed by atoms with Gasteiger partial charge in [-0.15, -0.1) is 0 Å². The molecule has 0 saturated heterocycles. The average molecular weight is 408 g/mol. The first-order valence-corrected chi connectivity index (χ1v) is 9.12. The monoisotopic (exact) mass is 408 g/mol. The van der Waals surface area contributed by atoms with Crippen molar-refractivity contribution in [1.29, 1.82) is 0 Å². The van der Waals surface area contributed by atoms with Crippen LogP contribution < -0.4 is 10.6 Å². The van der Waals surface area contributed by atoms with Gasteiger partial charge in [0.25, 0.3) is 5.91 Å².